The molecule has 0 radical (unpaired) electrons. The summed E-state index contributed by atoms with van der Waals surface area (Å²) in [6, 6.07) is 22.2. The third-order valence-electron chi connectivity index (χ3n) is 5.94. The summed E-state index contributed by atoms with van der Waals surface area (Å²) in [7, 11) is -4.82. The van der Waals surface area contributed by atoms with Crippen molar-refractivity contribution >= 4 is 50.3 Å². The fourth-order valence-corrected chi connectivity index (χ4v) is 4.84. The molecule has 184 valence electrons. The van der Waals surface area contributed by atoms with Crippen LogP contribution in [0.4, 0.5) is 22.7 Å². The zero-order valence-corrected chi connectivity index (χ0v) is 19.9. The van der Waals surface area contributed by atoms with E-state index < -0.39 is 32.3 Å². The average molecular weight is 514 g/mol. The van der Waals surface area contributed by atoms with E-state index in [9.17, 15) is 27.4 Å². The summed E-state index contributed by atoms with van der Waals surface area (Å²) in [4.78, 5) is 38.3. The number of nitrogen functional groups attached to an aromatic ring is 1. The fourth-order valence-electron chi connectivity index (χ4n) is 4.19. The number of ketones is 2. The molecule has 5 rings (SSSR count). The molecule has 0 aliphatic heterocycles. The molecule has 1 aliphatic carbocycles. The lowest BCUT2D eigenvalue weighted by Gasteiger charge is -2.23. The molecular weight excluding hydrogens is 494 g/mol. The molecule has 0 bridgehead atoms. The minimum Gasteiger partial charge on any atom is -0.397 e. The Kier molecular flexibility index (Phi) is 5.82. The highest BCUT2D eigenvalue weighted by molar-refractivity contribution is 7.86. The number of anilines is 4. The number of amides is 1. The maximum absolute atomic E-state index is 13.4. The SMILES string of the molecule is Nc1c(S(=O)(=O)O)cc(Nc2ccc(NC(=O)c3ccccc3)cc2)c2c1C(=O)c1ccccc1C2=O. The van der Waals surface area contributed by atoms with Crippen LogP contribution in [0.3, 0.4) is 0 Å². The lowest BCUT2D eigenvalue weighted by atomic mass is 9.82. The van der Waals surface area contributed by atoms with Gasteiger partial charge in [-0.25, -0.2) is 0 Å². The molecule has 1 amide bonds. The molecule has 0 saturated carbocycles. The van der Waals surface area contributed by atoms with Gasteiger partial charge in [0.15, 0.2) is 11.6 Å². The van der Waals surface area contributed by atoms with Crippen LogP contribution in [0.1, 0.15) is 42.2 Å². The van der Waals surface area contributed by atoms with Gasteiger partial charge < -0.3 is 16.4 Å². The van der Waals surface area contributed by atoms with Crippen LogP contribution in [0, 0.1) is 0 Å². The van der Waals surface area contributed by atoms with Crippen molar-refractivity contribution in [2.75, 3.05) is 16.4 Å². The third kappa shape index (κ3) is 4.35. The summed E-state index contributed by atoms with van der Waals surface area (Å²) < 4.78 is 33.9. The Balaban J connectivity index is 1.54. The van der Waals surface area contributed by atoms with Crippen molar-refractivity contribution in [1.29, 1.82) is 0 Å². The topological polar surface area (TPSA) is 156 Å². The second kappa shape index (κ2) is 9.01. The predicted octanol–water partition coefficient (Wildman–Crippen LogP) is 4.29. The molecule has 0 saturated heterocycles. The van der Waals surface area contributed by atoms with Gasteiger partial charge in [0, 0.05) is 28.1 Å². The number of fused-ring (bicyclic) bond motifs is 2. The Morgan fingerprint density at radius 3 is 1.89 bits per heavy atom. The maximum Gasteiger partial charge on any atom is 0.296 e. The number of benzene rings is 4. The molecule has 0 atom stereocenters. The van der Waals surface area contributed by atoms with E-state index in [0.29, 0.717) is 16.9 Å². The van der Waals surface area contributed by atoms with Crippen LogP contribution in [-0.2, 0) is 10.1 Å². The minimum absolute atomic E-state index is 0.0225. The molecular formula is C27H19N3O6S. The van der Waals surface area contributed by atoms with Crippen LogP contribution < -0.4 is 16.4 Å². The molecule has 37 heavy (non-hydrogen) atoms. The summed E-state index contributed by atoms with van der Waals surface area (Å²) in [5.41, 5.74) is 6.71. The number of nitrogens with two attached hydrogens (primary N) is 1. The Hall–Kier alpha value is -4.80. The number of carbonyl (C=O) groups excluding carboxylic acids is 3. The zero-order chi connectivity index (χ0) is 26.3. The highest BCUT2D eigenvalue weighted by atomic mass is 32.2. The Labute approximate surface area is 211 Å². The zero-order valence-electron chi connectivity index (χ0n) is 19.1. The number of rotatable bonds is 5. The van der Waals surface area contributed by atoms with Gasteiger partial charge in [-0.2, -0.15) is 8.42 Å². The van der Waals surface area contributed by atoms with Gasteiger partial charge in [0.05, 0.1) is 22.5 Å². The van der Waals surface area contributed by atoms with E-state index in [0.717, 1.165) is 6.07 Å². The van der Waals surface area contributed by atoms with Gasteiger partial charge in [0.25, 0.3) is 16.0 Å². The average Bonchev–Trinajstić information content (AvgIpc) is 2.89. The summed E-state index contributed by atoms with van der Waals surface area (Å²) in [6.07, 6.45) is 0. The van der Waals surface area contributed by atoms with Crippen molar-refractivity contribution in [3.05, 3.63) is 113 Å². The molecule has 4 aromatic carbocycles. The normalized spacial score (nSPS) is 12.5. The lowest BCUT2D eigenvalue weighted by molar-refractivity contribution is 0.0980. The van der Waals surface area contributed by atoms with E-state index in [1.165, 1.54) is 12.1 Å². The Morgan fingerprint density at radius 2 is 1.30 bits per heavy atom. The first-order valence-corrected chi connectivity index (χ1v) is 12.4. The summed E-state index contributed by atoms with van der Waals surface area (Å²) >= 11 is 0. The number of nitrogens with one attached hydrogen (secondary N) is 2. The highest BCUT2D eigenvalue weighted by Gasteiger charge is 2.36. The maximum atomic E-state index is 13.4. The van der Waals surface area contributed by atoms with Crippen LogP contribution in [0.5, 0.6) is 0 Å². The van der Waals surface area contributed by atoms with Gasteiger partial charge in [-0.15, -0.1) is 0 Å². The Morgan fingerprint density at radius 1 is 0.757 bits per heavy atom. The van der Waals surface area contributed by atoms with Gasteiger partial charge in [0.1, 0.15) is 4.90 Å². The van der Waals surface area contributed by atoms with Gasteiger partial charge >= 0.3 is 0 Å². The van der Waals surface area contributed by atoms with Gasteiger partial charge in [-0.1, -0.05) is 42.5 Å². The largest absolute Gasteiger partial charge is 0.397 e. The van der Waals surface area contributed by atoms with Crippen molar-refractivity contribution in [1.82, 2.24) is 0 Å². The standard InChI is InChI=1S/C27H19N3O6S/c28-24-21(37(34,35)36)14-20(22-23(24)26(32)19-9-5-4-8-18(19)25(22)31)29-16-10-12-17(13-11-16)30-27(33)15-6-2-1-3-7-15/h1-14,29H,28H2,(H,30,33)(H,34,35,36). The van der Waals surface area contributed by atoms with Gasteiger partial charge in [0.2, 0.25) is 0 Å². The number of hydrogen-bond donors (Lipinski definition) is 4. The molecule has 0 fully saturated rings. The van der Waals surface area contributed by atoms with Crippen molar-refractivity contribution in [2.24, 2.45) is 0 Å². The van der Waals surface area contributed by atoms with Crippen LogP contribution in [0.15, 0.2) is 89.8 Å². The van der Waals surface area contributed by atoms with Crippen LogP contribution in [-0.4, -0.2) is 30.4 Å². The van der Waals surface area contributed by atoms with Crippen molar-refractivity contribution < 1.29 is 27.4 Å². The van der Waals surface area contributed by atoms with Crippen molar-refractivity contribution in [2.45, 2.75) is 4.90 Å². The monoisotopic (exact) mass is 513 g/mol. The van der Waals surface area contributed by atoms with Gasteiger partial charge in [-0.3, -0.25) is 18.9 Å². The van der Waals surface area contributed by atoms with E-state index in [1.807, 2.05) is 0 Å². The summed E-state index contributed by atoms with van der Waals surface area (Å²) in [5, 5.41) is 5.71. The smallest absolute Gasteiger partial charge is 0.296 e. The van der Waals surface area contributed by atoms with E-state index in [4.69, 9.17) is 5.73 Å². The van der Waals surface area contributed by atoms with Crippen LogP contribution in [0.25, 0.3) is 0 Å². The molecule has 9 nitrogen and oxygen atoms in total. The first kappa shape index (κ1) is 23.9. The lowest BCUT2D eigenvalue weighted by Crippen LogP contribution is -2.25. The molecule has 5 N–H and O–H groups in total. The second-order valence-electron chi connectivity index (χ2n) is 8.29. The second-order valence-corrected chi connectivity index (χ2v) is 9.68. The summed E-state index contributed by atoms with van der Waals surface area (Å²) in [6.45, 7) is 0. The molecule has 0 spiro atoms. The number of hydrogen-bond acceptors (Lipinski definition) is 7. The van der Waals surface area contributed by atoms with E-state index in [-0.39, 0.29) is 33.8 Å². The van der Waals surface area contributed by atoms with E-state index in [2.05, 4.69) is 10.6 Å². The van der Waals surface area contributed by atoms with Crippen LogP contribution in [0.2, 0.25) is 0 Å². The Bertz CT molecular complexity index is 1700. The molecule has 0 aromatic heterocycles. The predicted molar refractivity (Wildman–Crippen MR) is 138 cm³/mol. The van der Waals surface area contributed by atoms with Gasteiger partial charge in [-0.05, 0) is 42.5 Å². The quantitative estimate of drug-likeness (QED) is 0.200. The fraction of sp³-hybridized carbons (Fsp3) is 0. The van der Waals surface area contributed by atoms with E-state index >= 15 is 0 Å². The molecule has 0 heterocycles. The van der Waals surface area contributed by atoms with Crippen molar-refractivity contribution in [3.8, 4) is 0 Å². The minimum atomic E-state index is -4.82. The molecule has 1 aliphatic rings. The van der Waals surface area contributed by atoms with Crippen molar-refractivity contribution in [3.63, 3.8) is 0 Å². The number of carbonyl (C=O) groups is 3. The highest BCUT2D eigenvalue weighted by Crippen LogP contribution is 2.40. The third-order valence-corrected chi connectivity index (χ3v) is 6.83. The first-order valence-electron chi connectivity index (χ1n) is 11.0. The summed E-state index contributed by atoms with van der Waals surface area (Å²) in [5.74, 6) is -1.45. The van der Waals surface area contributed by atoms with E-state index in [1.54, 1.807) is 66.7 Å². The first-order chi connectivity index (χ1) is 17.6. The molecule has 10 heteroatoms. The van der Waals surface area contributed by atoms with Crippen LogP contribution >= 0.6 is 0 Å². The molecule has 0 unspecified atom stereocenters. The molecule has 4 aromatic rings.